The maximum atomic E-state index is 13.8. The van der Waals surface area contributed by atoms with Gasteiger partial charge in [-0.1, -0.05) is 60.1 Å². The third kappa shape index (κ3) is 10.5. The predicted molar refractivity (Wildman–Crippen MR) is 202 cm³/mol. The number of benzene rings is 4. The molecule has 15 heteroatoms. The molecule has 4 bridgehead atoms. The van der Waals surface area contributed by atoms with E-state index in [1.54, 1.807) is 72.8 Å². The van der Waals surface area contributed by atoms with Crippen LogP contribution in [0.25, 0.3) is 22.3 Å². The van der Waals surface area contributed by atoms with Crippen molar-refractivity contribution in [2.45, 2.75) is 25.4 Å². The zero-order valence-electron chi connectivity index (χ0n) is 29.9. The summed E-state index contributed by atoms with van der Waals surface area (Å²) in [5, 5.41) is 20.1. The summed E-state index contributed by atoms with van der Waals surface area (Å²) in [5.41, 5.74) is 3.87. The molecule has 0 aromatic heterocycles. The highest BCUT2D eigenvalue weighted by molar-refractivity contribution is 6.30. The van der Waals surface area contributed by atoms with E-state index >= 15 is 0 Å². The molecule has 1 aliphatic rings. The number of nitrogens with one attached hydrogen (secondary N) is 4. The zero-order chi connectivity index (χ0) is 39.6. The topological polar surface area (TPSA) is 200 Å². The Morgan fingerprint density at radius 1 is 0.873 bits per heavy atom. The summed E-state index contributed by atoms with van der Waals surface area (Å²) >= 11 is 5.99. The molecule has 55 heavy (non-hydrogen) atoms. The van der Waals surface area contributed by atoms with Crippen molar-refractivity contribution in [3.8, 4) is 28.0 Å². The second-order valence-electron chi connectivity index (χ2n) is 12.8. The van der Waals surface area contributed by atoms with E-state index in [4.69, 9.17) is 16.3 Å². The van der Waals surface area contributed by atoms with Crippen LogP contribution in [0.2, 0.25) is 5.02 Å². The number of likely N-dealkylation sites (N-methyl/N-ethyl adjacent to an activating group) is 1. The van der Waals surface area contributed by atoms with Gasteiger partial charge in [0, 0.05) is 29.6 Å². The number of fused-ring (bicyclic) bond motifs is 5. The van der Waals surface area contributed by atoms with E-state index in [0.29, 0.717) is 32.8 Å². The molecule has 284 valence electrons. The van der Waals surface area contributed by atoms with Crippen molar-refractivity contribution in [3.63, 3.8) is 0 Å². The molecule has 4 aromatic carbocycles. The Bertz CT molecular complexity index is 2120. The molecule has 1 aliphatic heterocycles. The Kier molecular flexibility index (Phi) is 13.0. The van der Waals surface area contributed by atoms with Crippen LogP contribution >= 0.6 is 11.6 Å². The number of aliphatic carboxylic acids is 1. The van der Waals surface area contributed by atoms with Crippen molar-refractivity contribution in [1.29, 1.82) is 0 Å². The SMILES string of the molecule is CC(=O)CNC(=O)C1Cc2ccc(OCC(=O)O)c(c2)-c2cccc(c2)C(N(C)C(=O)CNC(=O)c2ccc(-c3ccc(Cl)cc3)cc2)C(=O)NCC(=O)N1. The molecule has 2 atom stereocenters. The number of amides is 5. The molecule has 0 spiro atoms. The highest BCUT2D eigenvalue weighted by Gasteiger charge is 2.31. The van der Waals surface area contributed by atoms with Crippen molar-refractivity contribution in [2.75, 3.05) is 33.3 Å². The number of hydrogen-bond acceptors (Lipinski definition) is 8. The number of carboxylic acids is 1. The lowest BCUT2D eigenvalue weighted by Gasteiger charge is -2.29. The third-order valence-electron chi connectivity index (χ3n) is 8.69. The molecule has 5 rings (SSSR count). The molecular weight excluding hydrogens is 730 g/mol. The highest BCUT2D eigenvalue weighted by atomic mass is 35.5. The van der Waals surface area contributed by atoms with Gasteiger partial charge in [-0.25, -0.2) is 4.79 Å². The van der Waals surface area contributed by atoms with Gasteiger partial charge in [-0.2, -0.15) is 0 Å². The highest BCUT2D eigenvalue weighted by Crippen LogP contribution is 2.34. The van der Waals surface area contributed by atoms with Crippen molar-refractivity contribution < 1.29 is 43.4 Å². The first kappa shape index (κ1) is 39.7. The molecular formula is C40H38ClN5O9. The van der Waals surface area contributed by atoms with Crippen LogP contribution in [-0.4, -0.2) is 90.6 Å². The molecule has 14 nitrogen and oxygen atoms in total. The van der Waals surface area contributed by atoms with Crippen molar-refractivity contribution in [1.82, 2.24) is 26.2 Å². The Morgan fingerprint density at radius 3 is 2.24 bits per heavy atom. The van der Waals surface area contributed by atoms with Crippen LogP contribution < -0.4 is 26.0 Å². The lowest BCUT2D eigenvalue weighted by molar-refractivity contribution is -0.139. The van der Waals surface area contributed by atoms with Gasteiger partial charge in [0.05, 0.1) is 19.6 Å². The van der Waals surface area contributed by atoms with Gasteiger partial charge in [0.1, 0.15) is 23.6 Å². The van der Waals surface area contributed by atoms with E-state index in [9.17, 15) is 38.7 Å². The van der Waals surface area contributed by atoms with E-state index in [1.807, 2.05) is 12.1 Å². The van der Waals surface area contributed by atoms with Crippen molar-refractivity contribution in [3.05, 3.63) is 113 Å². The minimum absolute atomic E-state index is 0.0204. The average molecular weight is 768 g/mol. The number of nitrogens with zero attached hydrogens (tertiary/aromatic N) is 1. The number of ketones is 1. The maximum absolute atomic E-state index is 13.8. The molecule has 0 aliphatic carbocycles. The second kappa shape index (κ2) is 18.0. The first-order valence-electron chi connectivity index (χ1n) is 17.1. The molecule has 0 saturated heterocycles. The first-order valence-corrected chi connectivity index (χ1v) is 17.5. The van der Waals surface area contributed by atoms with Gasteiger partial charge in [-0.05, 0) is 77.2 Å². The van der Waals surface area contributed by atoms with E-state index in [2.05, 4.69) is 21.3 Å². The predicted octanol–water partition coefficient (Wildman–Crippen LogP) is 2.93. The van der Waals surface area contributed by atoms with Crippen LogP contribution in [0.15, 0.2) is 91.0 Å². The molecule has 0 radical (unpaired) electrons. The van der Waals surface area contributed by atoms with Crippen molar-refractivity contribution >= 4 is 52.9 Å². The summed E-state index contributed by atoms with van der Waals surface area (Å²) < 4.78 is 5.58. The summed E-state index contributed by atoms with van der Waals surface area (Å²) in [7, 11) is 1.38. The number of Topliss-reactive ketones (excluding diaryl/α,β-unsaturated/α-hetero) is 1. The second-order valence-corrected chi connectivity index (χ2v) is 13.2. The number of carbonyl (C=O) groups excluding carboxylic acids is 6. The third-order valence-corrected chi connectivity index (χ3v) is 8.94. The monoisotopic (exact) mass is 767 g/mol. The Morgan fingerprint density at radius 2 is 1.56 bits per heavy atom. The van der Waals surface area contributed by atoms with Crippen LogP contribution in [-0.2, 0) is 35.2 Å². The number of halogens is 1. The summed E-state index contributed by atoms with van der Waals surface area (Å²) in [6, 6.07) is 23.0. The van der Waals surface area contributed by atoms with Gasteiger partial charge < -0.3 is 36.0 Å². The summed E-state index contributed by atoms with van der Waals surface area (Å²) in [6.45, 7) is -0.639. The van der Waals surface area contributed by atoms with Gasteiger partial charge in [0.2, 0.25) is 23.6 Å². The molecule has 4 aromatic rings. The van der Waals surface area contributed by atoms with Gasteiger partial charge in [0.15, 0.2) is 6.61 Å². The average Bonchev–Trinajstić information content (AvgIpc) is 3.17. The zero-order valence-corrected chi connectivity index (χ0v) is 30.6. The van der Waals surface area contributed by atoms with Crippen LogP contribution in [0, 0.1) is 0 Å². The van der Waals surface area contributed by atoms with Crippen molar-refractivity contribution in [2.24, 2.45) is 0 Å². The van der Waals surface area contributed by atoms with Crippen LogP contribution in [0.1, 0.15) is 34.5 Å². The number of carbonyl (C=O) groups is 7. The van der Waals surface area contributed by atoms with Crippen LogP contribution in [0.4, 0.5) is 0 Å². The largest absolute Gasteiger partial charge is 0.481 e. The van der Waals surface area contributed by atoms with E-state index < -0.39 is 67.3 Å². The number of rotatable bonds is 11. The van der Waals surface area contributed by atoms with E-state index in [0.717, 1.165) is 16.0 Å². The Labute approximate surface area is 321 Å². The first-order chi connectivity index (χ1) is 26.3. The number of carboxylic acid groups (broad SMARTS) is 1. The standard InChI is InChI=1S/C40H38ClN5O9/c1-23(47)19-42-39(53)32-17-24-6-15-33(55-22-36(50)51)31(16-24)28-4-3-5-29(18-28)37(40(54)43-20-34(48)45-32)46(2)35(49)21-44-38(52)27-9-7-25(8-10-27)26-11-13-30(41)14-12-26/h3-16,18,32,37H,17,19-22H2,1-2H3,(H,42,53)(H,43,54)(H,44,52)(H,45,48)(H,50,51). The molecule has 0 saturated carbocycles. The molecule has 5 amide bonds. The lowest BCUT2D eigenvalue weighted by Crippen LogP contribution is -2.52. The summed E-state index contributed by atoms with van der Waals surface area (Å²) in [6.07, 6.45) is -0.0204. The quantitative estimate of drug-likeness (QED) is 0.152. The maximum Gasteiger partial charge on any atom is 0.341 e. The fourth-order valence-electron chi connectivity index (χ4n) is 5.89. The Balaban J connectivity index is 1.42. The summed E-state index contributed by atoms with van der Waals surface area (Å²) in [4.78, 5) is 90.8. The van der Waals surface area contributed by atoms with E-state index in [1.165, 1.54) is 20.0 Å². The fraction of sp³-hybridized carbons (Fsp3) is 0.225. The van der Waals surface area contributed by atoms with Crippen LogP contribution in [0.3, 0.4) is 0 Å². The molecule has 2 unspecified atom stereocenters. The molecule has 0 fully saturated rings. The van der Waals surface area contributed by atoms with E-state index in [-0.39, 0.29) is 24.5 Å². The molecule has 1 heterocycles. The normalized spacial score (nSPS) is 15.3. The summed E-state index contributed by atoms with van der Waals surface area (Å²) in [5.74, 6) is -4.57. The Hall–Kier alpha value is -6.54. The minimum atomic E-state index is -1.31. The van der Waals surface area contributed by atoms with Gasteiger partial charge in [-0.15, -0.1) is 0 Å². The van der Waals surface area contributed by atoms with Gasteiger partial charge in [0.25, 0.3) is 5.91 Å². The number of ether oxygens (including phenoxy) is 1. The lowest BCUT2D eigenvalue weighted by atomic mass is 9.94. The minimum Gasteiger partial charge on any atom is -0.481 e. The van der Waals surface area contributed by atoms with Gasteiger partial charge >= 0.3 is 5.97 Å². The smallest absolute Gasteiger partial charge is 0.341 e. The molecule has 5 N–H and O–H groups in total. The fourth-order valence-corrected chi connectivity index (χ4v) is 6.02. The number of hydrogen-bond donors (Lipinski definition) is 5. The van der Waals surface area contributed by atoms with Crippen LogP contribution in [0.5, 0.6) is 5.75 Å². The van der Waals surface area contributed by atoms with Gasteiger partial charge in [-0.3, -0.25) is 28.8 Å².